The molecule has 0 aliphatic carbocycles. The second-order valence-electron chi connectivity index (χ2n) is 5.03. The number of benzene rings is 1. The van der Waals surface area contributed by atoms with Gasteiger partial charge in [-0.3, -0.25) is 0 Å². The van der Waals surface area contributed by atoms with E-state index >= 15 is 0 Å². The van der Waals surface area contributed by atoms with E-state index in [4.69, 9.17) is 36.8 Å². The van der Waals surface area contributed by atoms with Crippen LogP contribution in [0.25, 0.3) is 11.5 Å². The topological polar surface area (TPSA) is 78.4 Å². The van der Waals surface area contributed by atoms with Crippen LogP contribution in [0.2, 0.25) is 10.0 Å². The summed E-state index contributed by atoms with van der Waals surface area (Å²) in [5.74, 6) is 1.34. The normalized spacial score (nSPS) is 10.8. The second kappa shape index (κ2) is 6.67. The van der Waals surface area contributed by atoms with Crippen LogP contribution in [-0.4, -0.2) is 16.2 Å². The monoisotopic (exact) mass is 366 g/mol. The van der Waals surface area contributed by atoms with Gasteiger partial charge < -0.3 is 13.6 Å². The van der Waals surface area contributed by atoms with Gasteiger partial charge in [0.15, 0.2) is 6.61 Å². The van der Waals surface area contributed by atoms with Crippen LogP contribution in [0.5, 0.6) is 0 Å². The zero-order valence-electron chi connectivity index (χ0n) is 12.8. The van der Waals surface area contributed by atoms with Crippen molar-refractivity contribution in [1.29, 1.82) is 0 Å². The number of furan rings is 1. The van der Waals surface area contributed by atoms with Gasteiger partial charge in [0.05, 0.1) is 21.2 Å². The summed E-state index contributed by atoms with van der Waals surface area (Å²) in [5, 5.41) is 8.42. The van der Waals surface area contributed by atoms with Crippen LogP contribution < -0.4 is 0 Å². The molecule has 2 aromatic heterocycles. The van der Waals surface area contributed by atoms with Gasteiger partial charge in [-0.2, -0.15) is 0 Å². The molecule has 2 heterocycles. The van der Waals surface area contributed by atoms with Crippen LogP contribution in [0.4, 0.5) is 0 Å². The lowest BCUT2D eigenvalue weighted by molar-refractivity contribution is 0.0438. The number of esters is 1. The fourth-order valence-electron chi connectivity index (χ4n) is 2.10. The van der Waals surface area contributed by atoms with Crippen LogP contribution in [0.15, 0.2) is 33.1 Å². The molecule has 24 heavy (non-hydrogen) atoms. The maximum Gasteiger partial charge on any atom is 0.338 e. The van der Waals surface area contributed by atoms with Gasteiger partial charge in [-0.05, 0) is 38.1 Å². The molecule has 124 valence electrons. The minimum Gasteiger partial charge on any atom is -0.466 e. The smallest absolute Gasteiger partial charge is 0.338 e. The van der Waals surface area contributed by atoms with Crippen molar-refractivity contribution in [3.05, 3.63) is 57.3 Å². The van der Waals surface area contributed by atoms with Crippen molar-refractivity contribution in [3.63, 3.8) is 0 Å². The lowest BCUT2D eigenvalue weighted by Gasteiger charge is -2.03. The summed E-state index contributed by atoms with van der Waals surface area (Å²) in [7, 11) is 0. The molecule has 3 aromatic rings. The molecule has 0 unspecified atom stereocenters. The molecular weight excluding hydrogens is 355 g/mol. The first kappa shape index (κ1) is 16.5. The molecular formula is C16H12Cl2N2O4. The third kappa shape index (κ3) is 3.44. The van der Waals surface area contributed by atoms with Crippen LogP contribution in [0.1, 0.15) is 27.8 Å². The van der Waals surface area contributed by atoms with Crippen molar-refractivity contribution < 1.29 is 18.4 Å². The first-order chi connectivity index (χ1) is 11.4. The van der Waals surface area contributed by atoms with Crippen molar-refractivity contribution in [2.24, 2.45) is 0 Å². The molecule has 0 spiro atoms. The largest absolute Gasteiger partial charge is 0.466 e. The summed E-state index contributed by atoms with van der Waals surface area (Å²) in [6.07, 6.45) is 0. The minimum atomic E-state index is -0.566. The summed E-state index contributed by atoms with van der Waals surface area (Å²) in [5.41, 5.74) is 0.993. The first-order valence-electron chi connectivity index (χ1n) is 6.96. The molecule has 0 N–H and O–H groups in total. The Morgan fingerprint density at radius 1 is 1.12 bits per heavy atom. The Hall–Kier alpha value is -2.31. The molecule has 6 nitrogen and oxygen atoms in total. The van der Waals surface area contributed by atoms with Gasteiger partial charge in [0.2, 0.25) is 0 Å². The molecule has 0 saturated carbocycles. The van der Waals surface area contributed by atoms with Crippen molar-refractivity contribution in [3.8, 4) is 11.5 Å². The van der Waals surface area contributed by atoms with Crippen LogP contribution in [-0.2, 0) is 11.3 Å². The fraction of sp³-hybridized carbons (Fsp3) is 0.188. The average molecular weight is 367 g/mol. The van der Waals surface area contributed by atoms with Crippen molar-refractivity contribution in [1.82, 2.24) is 10.2 Å². The van der Waals surface area contributed by atoms with E-state index in [9.17, 15) is 4.79 Å². The number of rotatable bonds is 4. The molecule has 0 atom stereocenters. The zero-order valence-corrected chi connectivity index (χ0v) is 14.3. The highest BCUT2D eigenvalue weighted by molar-refractivity contribution is 6.42. The molecule has 0 saturated heterocycles. The van der Waals surface area contributed by atoms with Crippen molar-refractivity contribution in [2.45, 2.75) is 20.5 Å². The highest BCUT2D eigenvalue weighted by Gasteiger charge is 2.16. The van der Waals surface area contributed by atoms with Crippen molar-refractivity contribution in [2.75, 3.05) is 0 Å². The minimum absolute atomic E-state index is 0.151. The van der Waals surface area contributed by atoms with E-state index in [1.54, 1.807) is 13.0 Å². The third-order valence-corrected chi connectivity index (χ3v) is 3.96. The molecule has 0 bridgehead atoms. The SMILES string of the molecule is Cc1cc(-c2nnc(COC(=O)c3ccc(Cl)c(Cl)c3)o2)c(C)o1. The predicted molar refractivity (Wildman–Crippen MR) is 87.1 cm³/mol. The van der Waals surface area contributed by atoms with Crippen LogP contribution >= 0.6 is 23.2 Å². The van der Waals surface area contributed by atoms with E-state index in [1.165, 1.54) is 18.2 Å². The van der Waals surface area contributed by atoms with Gasteiger partial charge in [-0.1, -0.05) is 23.2 Å². The molecule has 1 aromatic carbocycles. The first-order valence-corrected chi connectivity index (χ1v) is 7.71. The number of carbonyl (C=O) groups excluding carboxylic acids is 1. The van der Waals surface area contributed by atoms with Crippen LogP contribution in [0.3, 0.4) is 0 Å². The van der Waals surface area contributed by atoms with E-state index in [0.717, 1.165) is 5.76 Å². The molecule has 8 heteroatoms. The quantitative estimate of drug-likeness (QED) is 0.627. The van der Waals surface area contributed by atoms with Gasteiger partial charge in [0.1, 0.15) is 11.5 Å². The predicted octanol–water partition coefficient (Wildman–Crippen LogP) is 4.61. The molecule has 3 rings (SSSR count). The number of hydrogen-bond acceptors (Lipinski definition) is 6. The van der Waals surface area contributed by atoms with Crippen LogP contribution in [0, 0.1) is 13.8 Å². The van der Waals surface area contributed by atoms with E-state index in [2.05, 4.69) is 10.2 Å². The summed E-state index contributed by atoms with van der Waals surface area (Å²) < 4.78 is 16.0. The summed E-state index contributed by atoms with van der Waals surface area (Å²) in [4.78, 5) is 12.0. The van der Waals surface area contributed by atoms with Gasteiger partial charge >= 0.3 is 5.97 Å². The number of halogens is 2. The summed E-state index contributed by atoms with van der Waals surface area (Å²) >= 11 is 11.7. The number of ether oxygens (including phenoxy) is 1. The Kier molecular flexibility index (Phi) is 4.59. The lowest BCUT2D eigenvalue weighted by Crippen LogP contribution is -2.05. The average Bonchev–Trinajstić information content (AvgIpc) is 3.13. The number of hydrogen-bond donors (Lipinski definition) is 0. The molecule has 0 amide bonds. The Morgan fingerprint density at radius 3 is 2.58 bits per heavy atom. The lowest BCUT2D eigenvalue weighted by atomic mass is 10.2. The number of nitrogens with zero attached hydrogens (tertiary/aromatic N) is 2. The fourth-order valence-corrected chi connectivity index (χ4v) is 2.40. The van der Waals surface area contributed by atoms with Gasteiger partial charge in [0.25, 0.3) is 11.8 Å². The number of aromatic nitrogens is 2. The van der Waals surface area contributed by atoms with E-state index in [1.807, 2.05) is 6.92 Å². The molecule has 0 aliphatic rings. The zero-order chi connectivity index (χ0) is 17.3. The Morgan fingerprint density at radius 2 is 1.92 bits per heavy atom. The van der Waals surface area contributed by atoms with Gasteiger partial charge in [-0.25, -0.2) is 4.79 Å². The van der Waals surface area contributed by atoms with E-state index in [0.29, 0.717) is 22.2 Å². The molecule has 0 aliphatic heterocycles. The molecule has 0 fully saturated rings. The summed E-state index contributed by atoms with van der Waals surface area (Å²) in [6.45, 7) is 3.48. The van der Waals surface area contributed by atoms with Gasteiger partial charge in [-0.15, -0.1) is 10.2 Å². The summed E-state index contributed by atoms with van der Waals surface area (Å²) in [6, 6.07) is 6.28. The highest BCUT2D eigenvalue weighted by Crippen LogP contribution is 2.26. The number of aryl methyl sites for hydroxylation is 2. The second-order valence-corrected chi connectivity index (χ2v) is 5.85. The highest BCUT2D eigenvalue weighted by atomic mass is 35.5. The Bertz CT molecular complexity index is 901. The maximum atomic E-state index is 12.0. The van der Waals surface area contributed by atoms with Crippen molar-refractivity contribution >= 4 is 29.2 Å². The molecule has 0 radical (unpaired) electrons. The number of carbonyl (C=O) groups is 1. The van der Waals surface area contributed by atoms with E-state index in [-0.39, 0.29) is 23.1 Å². The van der Waals surface area contributed by atoms with Gasteiger partial charge in [0, 0.05) is 0 Å². The standard InChI is InChI=1S/C16H12Cl2N2O4/c1-8-5-11(9(2)23-8)15-20-19-14(24-15)7-22-16(21)10-3-4-12(17)13(18)6-10/h3-6H,7H2,1-2H3. The Labute approximate surface area is 147 Å². The third-order valence-electron chi connectivity index (χ3n) is 3.22. The Balaban J connectivity index is 1.68. The maximum absolute atomic E-state index is 12.0. The van der Waals surface area contributed by atoms with E-state index < -0.39 is 5.97 Å².